The van der Waals surface area contributed by atoms with E-state index in [1.807, 2.05) is 19.2 Å². The van der Waals surface area contributed by atoms with E-state index in [-0.39, 0.29) is 16.9 Å². The SMILES string of the molecule is Cc1csc(S[C@H](C)C(=O)c2ccc(F)cc2)n1. The summed E-state index contributed by atoms with van der Waals surface area (Å²) in [5.41, 5.74) is 1.49. The molecule has 18 heavy (non-hydrogen) atoms. The topological polar surface area (TPSA) is 30.0 Å². The van der Waals surface area contributed by atoms with E-state index in [1.54, 1.807) is 0 Å². The molecule has 2 nitrogen and oxygen atoms in total. The van der Waals surface area contributed by atoms with E-state index >= 15 is 0 Å². The van der Waals surface area contributed by atoms with Crippen LogP contribution in [-0.2, 0) is 0 Å². The molecule has 0 saturated heterocycles. The number of ketones is 1. The van der Waals surface area contributed by atoms with Gasteiger partial charge in [0.2, 0.25) is 0 Å². The van der Waals surface area contributed by atoms with Crippen LogP contribution in [0.25, 0.3) is 0 Å². The number of hydrogen-bond donors (Lipinski definition) is 0. The summed E-state index contributed by atoms with van der Waals surface area (Å²) in [7, 11) is 0. The number of thioether (sulfide) groups is 1. The zero-order chi connectivity index (χ0) is 13.1. The second kappa shape index (κ2) is 5.63. The number of nitrogens with zero attached hydrogens (tertiary/aromatic N) is 1. The van der Waals surface area contributed by atoms with Gasteiger partial charge in [0, 0.05) is 16.6 Å². The average Bonchev–Trinajstić information content (AvgIpc) is 2.75. The summed E-state index contributed by atoms with van der Waals surface area (Å²) in [5, 5.41) is 1.73. The zero-order valence-electron chi connectivity index (χ0n) is 10.0. The summed E-state index contributed by atoms with van der Waals surface area (Å²) in [5.74, 6) is -0.338. The number of aromatic nitrogens is 1. The van der Waals surface area contributed by atoms with Crippen molar-refractivity contribution >= 4 is 28.9 Å². The lowest BCUT2D eigenvalue weighted by molar-refractivity contribution is 0.0994. The van der Waals surface area contributed by atoms with Gasteiger partial charge in [-0.1, -0.05) is 11.8 Å². The Morgan fingerprint density at radius 2 is 2.06 bits per heavy atom. The first-order valence-corrected chi connectivity index (χ1v) is 7.21. The first-order valence-electron chi connectivity index (χ1n) is 5.45. The van der Waals surface area contributed by atoms with E-state index in [4.69, 9.17) is 0 Å². The predicted octanol–water partition coefficient (Wildman–Crippen LogP) is 3.95. The van der Waals surface area contributed by atoms with Crippen molar-refractivity contribution in [3.8, 4) is 0 Å². The van der Waals surface area contributed by atoms with Crippen LogP contribution in [0, 0.1) is 12.7 Å². The maximum atomic E-state index is 12.8. The number of benzene rings is 1. The van der Waals surface area contributed by atoms with Crippen molar-refractivity contribution in [1.29, 1.82) is 0 Å². The molecule has 0 saturated carbocycles. The van der Waals surface area contributed by atoms with E-state index in [0.29, 0.717) is 5.56 Å². The summed E-state index contributed by atoms with van der Waals surface area (Å²) < 4.78 is 13.7. The third kappa shape index (κ3) is 3.17. The Bertz CT molecular complexity index is 550. The molecule has 0 aliphatic rings. The van der Waals surface area contributed by atoms with Gasteiger partial charge in [-0.2, -0.15) is 0 Å². The van der Waals surface area contributed by atoms with Crippen molar-refractivity contribution in [3.05, 3.63) is 46.7 Å². The quantitative estimate of drug-likeness (QED) is 0.628. The summed E-state index contributed by atoms with van der Waals surface area (Å²) in [6.07, 6.45) is 0. The van der Waals surface area contributed by atoms with E-state index in [9.17, 15) is 9.18 Å². The van der Waals surface area contributed by atoms with E-state index < -0.39 is 0 Å². The number of carbonyl (C=O) groups excluding carboxylic acids is 1. The van der Waals surface area contributed by atoms with Gasteiger partial charge in [-0.15, -0.1) is 11.3 Å². The summed E-state index contributed by atoms with van der Waals surface area (Å²) in [4.78, 5) is 16.4. The normalized spacial score (nSPS) is 12.4. The first kappa shape index (κ1) is 13.2. The van der Waals surface area contributed by atoms with Crippen molar-refractivity contribution in [3.63, 3.8) is 0 Å². The standard InChI is InChI=1S/C13H12FNOS2/c1-8-7-17-13(15-8)18-9(2)12(16)10-3-5-11(14)6-4-10/h3-7,9H,1-2H3/t9-/m1/s1. The second-order valence-electron chi connectivity index (χ2n) is 3.89. The Hall–Kier alpha value is -1.20. The Kier molecular flexibility index (Phi) is 4.14. The third-order valence-electron chi connectivity index (χ3n) is 2.37. The molecule has 0 unspecified atom stereocenters. The molecule has 94 valence electrons. The number of thiazole rings is 1. The third-order valence-corrected chi connectivity index (χ3v) is 4.56. The predicted molar refractivity (Wildman–Crippen MR) is 72.9 cm³/mol. The van der Waals surface area contributed by atoms with E-state index in [1.165, 1.54) is 47.4 Å². The summed E-state index contributed by atoms with van der Waals surface area (Å²) in [6.45, 7) is 3.76. The Balaban J connectivity index is 2.07. The van der Waals surface area contributed by atoms with Crippen LogP contribution in [0.15, 0.2) is 34.0 Å². The Morgan fingerprint density at radius 1 is 1.39 bits per heavy atom. The molecule has 0 radical (unpaired) electrons. The Morgan fingerprint density at radius 3 is 2.61 bits per heavy atom. The first-order chi connectivity index (χ1) is 8.56. The zero-order valence-corrected chi connectivity index (χ0v) is 11.6. The lowest BCUT2D eigenvalue weighted by Gasteiger charge is -2.07. The monoisotopic (exact) mass is 281 g/mol. The molecule has 0 fully saturated rings. The van der Waals surface area contributed by atoms with Gasteiger partial charge < -0.3 is 0 Å². The molecule has 1 aromatic carbocycles. The summed E-state index contributed by atoms with van der Waals surface area (Å²) >= 11 is 2.97. The van der Waals surface area contributed by atoms with Crippen LogP contribution in [0.5, 0.6) is 0 Å². The van der Waals surface area contributed by atoms with E-state index in [0.717, 1.165) is 10.0 Å². The highest BCUT2D eigenvalue weighted by Gasteiger charge is 2.17. The van der Waals surface area contributed by atoms with Crippen LogP contribution >= 0.6 is 23.1 Å². The fourth-order valence-electron chi connectivity index (χ4n) is 1.44. The van der Waals surface area contributed by atoms with Gasteiger partial charge in [0.1, 0.15) is 5.82 Å². The van der Waals surface area contributed by atoms with Crippen molar-refractivity contribution < 1.29 is 9.18 Å². The molecule has 0 N–H and O–H groups in total. The van der Waals surface area contributed by atoms with Crippen LogP contribution in [0.4, 0.5) is 4.39 Å². The van der Waals surface area contributed by atoms with Crippen molar-refractivity contribution in [1.82, 2.24) is 4.98 Å². The van der Waals surface area contributed by atoms with Crippen LogP contribution in [0.2, 0.25) is 0 Å². The molecule has 5 heteroatoms. The molecule has 0 spiro atoms. The maximum Gasteiger partial charge on any atom is 0.175 e. The fraction of sp³-hybridized carbons (Fsp3) is 0.231. The number of halogens is 1. The largest absolute Gasteiger partial charge is 0.293 e. The summed E-state index contributed by atoms with van der Waals surface area (Å²) in [6, 6.07) is 5.64. The number of rotatable bonds is 4. The highest BCUT2D eigenvalue weighted by molar-refractivity contribution is 8.02. The number of carbonyl (C=O) groups is 1. The van der Waals surface area contributed by atoms with Gasteiger partial charge in [0.05, 0.1) is 5.25 Å². The molecule has 1 atom stereocenters. The van der Waals surface area contributed by atoms with Gasteiger partial charge in [-0.25, -0.2) is 9.37 Å². The molecule has 0 aliphatic heterocycles. The molecular formula is C13H12FNOS2. The minimum absolute atomic E-state index is 0.00662. The van der Waals surface area contributed by atoms with Crippen LogP contribution in [0.3, 0.4) is 0 Å². The molecular weight excluding hydrogens is 269 g/mol. The van der Waals surface area contributed by atoms with E-state index in [2.05, 4.69) is 4.98 Å². The van der Waals surface area contributed by atoms with Gasteiger partial charge in [0.25, 0.3) is 0 Å². The van der Waals surface area contributed by atoms with Crippen LogP contribution in [0.1, 0.15) is 23.0 Å². The average molecular weight is 281 g/mol. The van der Waals surface area contributed by atoms with Gasteiger partial charge in [-0.05, 0) is 38.1 Å². The molecule has 1 aromatic heterocycles. The van der Waals surface area contributed by atoms with Gasteiger partial charge in [0.15, 0.2) is 10.1 Å². The molecule has 0 bridgehead atoms. The van der Waals surface area contributed by atoms with Crippen molar-refractivity contribution in [2.45, 2.75) is 23.4 Å². The number of Topliss-reactive ketones (excluding diaryl/α,β-unsaturated/α-hetero) is 1. The molecule has 0 aliphatic carbocycles. The minimum atomic E-state index is -0.331. The van der Waals surface area contributed by atoms with Crippen molar-refractivity contribution in [2.75, 3.05) is 0 Å². The second-order valence-corrected chi connectivity index (χ2v) is 6.33. The van der Waals surface area contributed by atoms with Gasteiger partial charge in [-0.3, -0.25) is 4.79 Å². The van der Waals surface area contributed by atoms with Crippen LogP contribution in [-0.4, -0.2) is 16.0 Å². The fourth-order valence-corrected chi connectivity index (χ4v) is 3.50. The Labute approximate surface area is 113 Å². The number of hydrogen-bond acceptors (Lipinski definition) is 4. The molecule has 1 heterocycles. The lowest BCUT2D eigenvalue weighted by Crippen LogP contribution is -2.13. The molecule has 2 rings (SSSR count). The lowest BCUT2D eigenvalue weighted by atomic mass is 10.1. The van der Waals surface area contributed by atoms with Gasteiger partial charge >= 0.3 is 0 Å². The minimum Gasteiger partial charge on any atom is -0.293 e. The number of aryl methyl sites for hydroxylation is 1. The van der Waals surface area contributed by atoms with Crippen LogP contribution < -0.4 is 0 Å². The highest BCUT2D eigenvalue weighted by Crippen LogP contribution is 2.28. The molecule has 2 aromatic rings. The highest BCUT2D eigenvalue weighted by atomic mass is 32.2. The molecule has 0 amide bonds. The van der Waals surface area contributed by atoms with Crippen molar-refractivity contribution in [2.24, 2.45) is 0 Å². The smallest absolute Gasteiger partial charge is 0.175 e. The maximum absolute atomic E-state index is 12.8.